The average molecular weight is 575 g/mol. The molecular weight excluding hydrogens is 550 g/mol. The Balaban J connectivity index is 1.58. The minimum atomic E-state index is -0.191. The highest BCUT2D eigenvalue weighted by molar-refractivity contribution is 9.10. The summed E-state index contributed by atoms with van der Waals surface area (Å²) in [4.78, 5) is 12.2. The van der Waals surface area contributed by atoms with Crippen molar-refractivity contribution >= 4 is 49.7 Å². The summed E-state index contributed by atoms with van der Waals surface area (Å²) in [6.07, 6.45) is 2.46. The Hall–Kier alpha value is -2.84. The molecule has 0 saturated heterocycles. The summed E-state index contributed by atoms with van der Waals surface area (Å²) >= 11 is 6.96. The largest absolute Gasteiger partial charge is 0.490 e. The summed E-state index contributed by atoms with van der Waals surface area (Å²) in [6.45, 7) is 2.80. The monoisotopic (exact) mass is 573 g/mol. The molecule has 0 atom stereocenters. The number of hydrogen-bond donors (Lipinski definition) is 2. The summed E-state index contributed by atoms with van der Waals surface area (Å²) < 4.78 is 13.2. The van der Waals surface area contributed by atoms with Gasteiger partial charge in [0.15, 0.2) is 18.1 Å². The number of amides is 1. The summed E-state index contributed by atoms with van der Waals surface area (Å²) in [5.74, 6) is 0.823. The molecule has 3 aromatic carbocycles. The van der Waals surface area contributed by atoms with Crippen molar-refractivity contribution in [1.29, 1.82) is 0 Å². The number of nitrogens with one attached hydrogen (secondary N) is 2. The quantitative estimate of drug-likeness (QED) is 0.224. The Bertz CT molecular complexity index is 1090. The lowest BCUT2D eigenvalue weighted by atomic mass is 10.1. The molecule has 33 heavy (non-hydrogen) atoms. The van der Waals surface area contributed by atoms with Gasteiger partial charge in [0.1, 0.15) is 0 Å². The maximum atomic E-state index is 12.2. The van der Waals surface area contributed by atoms with E-state index in [2.05, 4.69) is 47.7 Å². The zero-order valence-electron chi connectivity index (χ0n) is 18.2. The van der Waals surface area contributed by atoms with Crippen molar-refractivity contribution in [1.82, 2.24) is 5.32 Å². The van der Waals surface area contributed by atoms with Crippen molar-refractivity contribution in [3.8, 4) is 11.5 Å². The smallest absolute Gasteiger partial charge is 0.257 e. The van der Waals surface area contributed by atoms with E-state index in [0.29, 0.717) is 29.1 Å². The standard InChI is InChI=1S/C25H25Br2N3O3/c1-2-32-23-14-19(16-29-30-21-10-6-9-20(26)15-21)13-22(27)25(23)33-17-24(31)28-12-11-18-7-4-3-5-8-18/h3-10,13-16,30H,2,11-12,17H2,1H3,(H,28,31). The number of nitrogens with zero attached hydrogens (tertiary/aromatic N) is 1. The van der Waals surface area contributed by atoms with Crippen molar-refractivity contribution in [2.75, 3.05) is 25.2 Å². The molecule has 0 aliphatic rings. The number of benzene rings is 3. The Labute approximate surface area is 210 Å². The second kappa shape index (κ2) is 13.0. The predicted octanol–water partition coefficient (Wildman–Crippen LogP) is 5.79. The van der Waals surface area contributed by atoms with E-state index in [1.807, 2.05) is 73.7 Å². The second-order valence-electron chi connectivity index (χ2n) is 7.02. The Morgan fingerprint density at radius 3 is 2.61 bits per heavy atom. The van der Waals surface area contributed by atoms with Gasteiger partial charge >= 0.3 is 0 Å². The van der Waals surface area contributed by atoms with Gasteiger partial charge < -0.3 is 14.8 Å². The Kier molecular flexibility index (Phi) is 9.77. The van der Waals surface area contributed by atoms with Gasteiger partial charge in [0.25, 0.3) is 5.91 Å². The summed E-state index contributed by atoms with van der Waals surface area (Å²) in [7, 11) is 0. The molecule has 0 fully saturated rings. The molecule has 6 nitrogen and oxygen atoms in total. The van der Waals surface area contributed by atoms with E-state index in [1.165, 1.54) is 5.56 Å². The number of rotatable bonds is 11. The van der Waals surface area contributed by atoms with Crippen LogP contribution in [0.2, 0.25) is 0 Å². The van der Waals surface area contributed by atoms with Gasteiger partial charge in [-0.05, 0) is 70.7 Å². The topological polar surface area (TPSA) is 71.9 Å². The van der Waals surface area contributed by atoms with Crippen LogP contribution in [0.5, 0.6) is 11.5 Å². The van der Waals surface area contributed by atoms with E-state index in [0.717, 1.165) is 22.1 Å². The van der Waals surface area contributed by atoms with Crippen LogP contribution in [0.3, 0.4) is 0 Å². The maximum Gasteiger partial charge on any atom is 0.257 e. The van der Waals surface area contributed by atoms with Crippen LogP contribution in [-0.2, 0) is 11.2 Å². The van der Waals surface area contributed by atoms with Gasteiger partial charge in [-0.1, -0.05) is 52.3 Å². The average Bonchev–Trinajstić information content (AvgIpc) is 2.79. The second-order valence-corrected chi connectivity index (χ2v) is 8.79. The molecule has 0 spiro atoms. The van der Waals surface area contributed by atoms with Crippen molar-refractivity contribution in [2.24, 2.45) is 5.10 Å². The third kappa shape index (κ3) is 8.22. The van der Waals surface area contributed by atoms with E-state index in [4.69, 9.17) is 9.47 Å². The molecule has 0 saturated carbocycles. The van der Waals surface area contributed by atoms with E-state index < -0.39 is 0 Å². The number of carbonyl (C=O) groups excluding carboxylic acids is 1. The SMILES string of the molecule is CCOc1cc(C=NNc2cccc(Br)c2)cc(Br)c1OCC(=O)NCCc1ccccc1. The first kappa shape index (κ1) is 24.8. The molecule has 0 heterocycles. The molecule has 8 heteroatoms. The molecule has 0 unspecified atom stereocenters. The third-order valence-electron chi connectivity index (χ3n) is 4.49. The molecule has 0 aromatic heterocycles. The summed E-state index contributed by atoms with van der Waals surface area (Å²) in [5.41, 5.74) is 5.84. The molecule has 3 aromatic rings. The van der Waals surface area contributed by atoms with Crippen molar-refractivity contribution in [3.05, 3.63) is 86.8 Å². The lowest BCUT2D eigenvalue weighted by Gasteiger charge is -2.14. The van der Waals surface area contributed by atoms with Crippen LogP contribution in [0, 0.1) is 0 Å². The van der Waals surface area contributed by atoms with Gasteiger partial charge in [-0.3, -0.25) is 10.2 Å². The number of anilines is 1. The van der Waals surface area contributed by atoms with Gasteiger partial charge in [0, 0.05) is 11.0 Å². The van der Waals surface area contributed by atoms with Gasteiger partial charge in [0.05, 0.1) is 23.0 Å². The van der Waals surface area contributed by atoms with E-state index in [-0.39, 0.29) is 12.5 Å². The lowest BCUT2D eigenvalue weighted by molar-refractivity contribution is -0.123. The van der Waals surface area contributed by atoms with Gasteiger partial charge in [0.2, 0.25) is 0 Å². The van der Waals surface area contributed by atoms with Gasteiger partial charge in [-0.15, -0.1) is 0 Å². The molecule has 0 aliphatic carbocycles. The van der Waals surface area contributed by atoms with Crippen LogP contribution in [0.15, 0.2) is 80.8 Å². The minimum absolute atomic E-state index is 0.106. The molecule has 0 aliphatic heterocycles. The number of ether oxygens (including phenoxy) is 2. The van der Waals surface area contributed by atoms with Crippen LogP contribution >= 0.6 is 31.9 Å². The van der Waals surface area contributed by atoms with Crippen LogP contribution < -0.4 is 20.2 Å². The fourth-order valence-corrected chi connectivity index (χ4v) is 3.96. The zero-order chi connectivity index (χ0) is 23.5. The number of halogens is 2. The highest BCUT2D eigenvalue weighted by Gasteiger charge is 2.14. The Morgan fingerprint density at radius 1 is 1.03 bits per heavy atom. The fourth-order valence-electron chi connectivity index (χ4n) is 2.98. The van der Waals surface area contributed by atoms with E-state index >= 15 is 0 Å². The molecule has 0 radical (unpaired) electrons. The van der Waals surface area contributed by atoms with Crippen LogP contribution in [-0.4, -0.2) is 31.9 Å². The lowest BCUT2D eigenvalue weighted by Crippen LogP contribution is -2.30. The van der Waals surface area contributed by atoms with Crippen molar-refractivity contribution < 1.29 is 14.3 Å². The molecule has 3 rings (SSSR count). The van der Waals surface area contributed by atoms with Crippen LogP contribution in [0.4, 0.5) is 5.69 Å². The van der Waals surface area contributed by atoms with Gasteiger partial charge in [-0.2, -0.15) is 5.10 Å². The summed E-state index contributed by atoms with van der Waals surface area (Å²) in [6, 6.07) is 21.4. The number of hydrogen-bond acceptors (Lipinski definition) is 5. The van der Waals surface area contributed by atoms with Crippen molar-refractivity contribution in [2.45, 2.75) is 13.3 Å². The first-order valence-electron chi connectivity index (χ1n) is 10.5. The first-order chi connectivity index (χ1) is 16.0. The predicted molar refractivity (Wildman–Crippen MR) is 139 cm³/mol. The molecule has 1 amide bonds. The number of carbonyl (C=O) groups is 1. The summed E-state index contributed by atoms with van der Waals surface area (Å²) in [5, 5.41) is 7.16. The fraction of sp³-hybridized carbons (Fsp3) is 0.200. The molecule has 172 valence electrons. The molecule has 2 N–H and O–H groups in total. The first-order valence-corrected chi connectivity index (χ1v) is 12.1. The maximum absolute atomic E-state index is 12.2. The normalized spacial score (nSPS) is 10.8. The minimum Gasteiger partial charge on any atom is -0.490 e. The Morgan fingerprint density at radius 2 is 1.85 bits per heavy atom. The highest BCUT2D eigenvalue weighted by Crippen LogP contribution is 2.36. The van der Waals surface area contributed by atoms with Crippen LogP contribution in [0.1, 0.15) is 18.1 Å². The van der Waals surface area contributed by atoms with Gasteiger partial charge in [-0.25, -0.2) is 0 Å². The molecular formula is C25H25Br2N3O3. The van der Waals surface area contributed by atoms with E-state index in [1.54, 1.807) is 6.21 Å². The molecule has 0 bridgehead atoms. The van der Waals surface area contributed by atoms with E-state index in [9.17, 15) is 4.79 Å². The van der Waals surface area contributed by atoms with Crippen molar-refractivity contribution in [3.63, 3.8) is 0 Å². The number of hydrazone groups is 1. The zero-order valence-corrected chi connectivity index (χ0v) is 21.4. The third-order valence-corrected chi connectivity index (χ3v) is 5.57. The van der Waals surface area contributed by atoms with Crippen LogP contribution in [0.25, 0.3) is 0 Å². The highest BCUT2D eigenvalue weighted by atomic mass is 79.9.